The molecule has 334 valence electrons. The number of benzene rings is 3. The lowest BCUT2D eigenvalue weighted by atomic mass is 10.1. The SMILES string of the molecule is Brc1cnn2cc(-c3ccc(OC4(CN5CCCCC5)CC4)cc3)cnc12.C.CS(=O)(=O)c1cccc(-c2cnn3cc(-c4ccc(OC5(CN6CCNCC6)CC5)cc4)cnc23)c1. The molecular formula is C49H56BrN9O4S. The average molecular weight is 947 g/mol. The van der Waals surface area contributed by atoms with Gasteiger partial charge in [0.2, 0.25) is 0 Å². The van der Waals surface area contributed by atoms with Gasteiger partial charge in [-0.05, 0) is 121 Å². The van der Waals surface area contributed by atoms with E-state index in [9.17, 15) is 8.42 Å². The van der Waals surface area contributed by atoms with Crippen molar-refractivity contribution in [3.63, 3.8) is 0 Å². The highest BCUT2D eigenvalue weighted by Crippen LogP contribution is 2.43. The van der Waals surface area contributed by atoms with E-state index in [0.717, 1.165) is 107 Å². The van der Waals surface area contributed by atoms with Gasteiger partial charge in [0.25, 0.3) is 0 Å². The van der Waals surface area contributed by atoms with Crippen molar-refractivity contribution < 1.29 is 17.9 Å². The lowest BCUT2D eigenvalue weighted by Crippen LogP contribution is -2.48. The van der Waals surface area contributed by atoms with Gasteiger partial charge in [0.15, 0.2) is 21.1 Å². The fourth-order valence-corrected chi connectivity index (χ4v) is 9.76. The minimum atomic E-state index is -3.29. The maximum Gasteiger partial charge on any atom is 0.175 e. The maximum absolute atomic E-state index is 12.0. The first-order valence-corrected chi connectivity index (χ1v) is 24.7. The summed E-state index contributed by atoms with van der Waals surface area (Å²) in [4.78, 5) is 14.5. The van der Waals surface area contributed by atoms with E-state index in [2.05, 4.69) is 87.6 Å². The Morgan fingerprint density at radius 1 is 0.641 bits per heavy atom. The number of hydrogen-bond acceptors (Lipinski definition) is 11. The zero-order valence-electron chi connectivity index (χ0n) is 35.5. The highest BCUT2D eigenvalue weighted by atomic mass is 79.9. The zero-order chi connectivity index (χ0) is 43.0. The largest absolute Gasteiger partial charge is 0.486 e. The molecule has 11 rings (SSSR count). The zero-order valence-corrected chi connectivity index (χ0v) is 37.9. The van der Waals surface area contributed by atoms with Gasteiger partial charge >= 0.3 is 0 Å². The average Bonchev–Trinajstić information content (AvgIpc) is 4.16. The first kappa shape index (κ1) is 44.0. The summed E-state index contributed by atoms with van der Waals surface area (Å²) in [6, 6.07) is 23.4. The number of halogens is 1. The first-order valence-electron chi connectivity index (χ1n) is 22.0. The molecule has 2 saturated carbocycles. The topological polar surface area (TPSA) is 131 Å². The molecule has 15 heteroatoms. The van der Waals surface area contributed by atoms with Gasteiger partial charge in [0.1, 0.15) is 22.7 Å². The molecule has 0 unspecified atom stereocenters. The predicted octanol–water partition coefficient (Wildman–Crippen LogP) is 8.48. The molecule has 4 aromatic heterocycles. The molecule has 0 amide bonds. The molecule has 0 atom stereocenters. The summed E-state index contributed by atoms with van der Waals surface area (Å²) in [6.07, 6.45) is 20.9. The number of piperazine rings is 1. The molecule has 1 N–H and O–H groups in total. The summed E-state index contributed by atoms with van der Waals surface area (Å²) < 4.78 is 41.2. The van der Waals surface area contributed by atoms with Crippen LogP contribution in [0.5, 0.6) is 11.5 Å². The van der Waals surface area contributed by atoms with Crippen molar-refractivity contribution in [1.82, 2.24) is 44.3 Å². The Labute approximate surface area is 383 Å². The number of sulfone groups is 1. The minimum absolute atomic E-state index is 0. The monoisotopic (exact) mass is 945 g/mol. The third kappa shape index (κ3) is 10.0. The van der Waals surface area contributed by atoms with Gasteiger partial charge in [0, 0.05) is 87.0 Å². The standard InChI is InChI=1S/C27H29N5O3S.C21H23BrN4O.CH4/c1-36(33,34)24-4-2-3-21(15-24)25-17-30-32-18-22(16-29-26(25)32)20-5-7-23(8-6-20)35-27(9-10-27)19-31-13-11-28-12-14-31;22-19-13-24-26-14-17(12-23-20(19)26)16-4-6-18(7-5-16)27-21(8-9-21)15-25-10-2-1-3-11-25;/h2-8,15-18,28H,9-14,19H2,1H3;4-7,12-14H,1-3,8-11,15H2;1H4. The number of aromatic nitrogens is 6. The number of nitrogens with one attached hydrogen (secondary N) is 1. The van der Waals surface area contributed by atoms with E-state index in [4.69, 9.17) is 9.47 Å². The molecule has 4 fully saturated rings. The van der Waals surface area contributed by atoms with E-state index in [0.29, 0.717) is 5.65 Å². The van der Waals surface area contributed by atoms with Crippen molar-refractivity contribution in [1.29, 1.82) is 0 Å². The second kappa shape index (κ2) is 18.4. The number of hydrogen-bond donors (Lipinski definition) is 1. The predicted molar refractivity (Wildman–Crippen MR) is 255 cm³/mol. The van der Waals surface area contributed by atoms with Crippen molar-refractivity contribution in [3.8, 4) is 44.9 Å². The second-order valence-corrected chi connectivity index (χ2v) is 20.4. The van der Waals surface area contributed by atoms with E-state index in [1.54, 1.807) is 39.6 Å². The van der Waals surface area contributed by atoms with Crippen LogP contribution in [-0.4, -0.2) is 117 Å². The number of likely N-dealkylation sites (tertiary alicyclic amines) is 1. The van der Waals surface area contributed by atoms with Gasteiger partial charge in [-0.1, -0.05) is 50.2 Å². The van der Waals surface area contributed by atoms with Crippen LogP contribution in [0.2, 0.25) is 0 Å². The van der Waals surface area contributed by atoms with Crippen LogP contribution in [0.25, 0.3) is 44.7 Å². The van der Waals surface area contributed by atoms with Crippen molar-refractivity contribution in [2.24, 2.45) is 0 Å². The molecule has 0 radical (unpaired) electrons. The first-order chi connectivity index (χ1) is 30.6. The molecule has 2 aliphatic heterocycles. The van der Waals surface area contributed by atoms with E-state index in [1.165, 1.54) is 51.4 Å². The van der Waals surface area contributed by atoms with Gasteiger partial charge in [0.05, 0.1) is 21.8 Å². The number of rotatable bonds is 12. The quantitative estimate of drug-likeness (QED) is 0.127. The summed E-state index contributed by atoms with van der Waals surface area (Å²) >= 11 is 3.46. The highest BCUT2D eigenvalue weighted by Gasteiger charge is 2.47. The van der Waals surface area contributed by atoms with Crippen molar-refractivity contribution in [2.45, 2.75) is 68.5 Å². The van der Waals surface area contributed by atoms with E-state index in [1.807, 2.05) is 43.0 Å². The Bertz CT molecular complexity index is 2830. The van der Waals surface area contributed by atoms with Gasteiger partial charge in [-0.25, -0.2) is 27.4 Å². The Balaban J connectivity index is 0.000000166. The van der Waals surface area contributed by atoms with E-state index >= 15 is 0 Å². The van der Waals surface area contributed by atoms with Gasteiger partial charge < -0.3 is 14.8 Å². The van der Waals surface area contributed by atoms with Crippen LogP contribution in [0.1, 0.15) is 52.4 Å². The molecule has 2 saturated heterocycles. The van der Waals surface area contributed by atoms with Crippen LogP contribution in [0, 0.1) is 0 Å². The summed E-state index contributed by atoms with van der Waals surface area (Å²) in [6.45, 7) is 8.78. The van der Waals surface area contributed by atoms with Gasteiger partial charge in [-0.2, -0.15) is 10.2 Å². The van der Waals surface area contributed by atoms with Crippen molar-refractivity contribution in [2.75, 3.05) is 58.6 Å². The molecule has 4 aliphatic rings. The smallest absolute Gasteiger partial charge is 0.175 e. The summed E-state index contributed by atoms with van der Waals surface area (Å²) in [5.74, 6) is 1.86. The van der Waals surface area contributed by atoms with Crippen LogP contribution < -0.4 is 14.8 Å². The third-order valence-electron chi connectivity index (χ3n) is 12.6. The molecule has 2 aliphatic carbocycles. The van der Waals surface area contributed by atoms with Crippen LogP contribution >= 0.6 is 15.9 Å². The fourth-order valence-electron chi connectivity index (χ4n) is 8.71. The Morgan fingerprint density at radius 3 is 1.73 bits per heavy atom. The summed E-state index contributed by atoms with van der Waals surface area (Å²) in [5.41, 5.74) is 7.18. The van der Waals surface area contributed by atoms with Crippen LogP contribution in [-0.2, 0) is 9.84 Å². The number of nitrogens with zero attached hydrogens (tertiary/aromatic N) is 8. The lowest BCUT2D eigenvalue weighted by molar-refractivity contribution is 0.101. The summed E-state index contributed by atoms with van der Waals surface area (Å²) in [7, 11) is -3.29. The van der Waals surface area contributed by atoms with Gasteiger partial charge in [-0.15, -0.1) is 0 Å². The third-order valence-corrected chi connectivity index (χ3v) is 14.3. The maximum atomic E-state index is 12.0. The van der Waals surface area contributed by atoms with Gasteiger partial charge in [-0.3, -0.25) is 9.80 Å². The second-order valence-electron chi connectivity index (χ2n) is 17.6. The molecule has 7 aromatic rings. The van der Waals surface area contributed by atoms with E-state index in [-0.39, 0.29) is 23.5 Å². The minimum Gasteiger partial charge on any atom is -0.486 e. The molecule has 64 heavy (non-hydrogen) atoms. The molecular weight excluding hydrogens is 891 g/mol. The number of fused-ring (bicyclic) bond motifs is 2. The van der Waals surface area contributed by atoms with Crippen molar-refractivity contribution in [3.05, 3.63) is 114 Å². The molecule has 0 spiro atoms. The number of ether oxygens (including phenoxy) is 2. The van der Waals surface area contributed by atoms with Crippen LogP contribution in [0.4, 0.5) is 0 Å². The molecule has 0 bridgehead atoms. The number of piperidine rings is 1. The lowest BCUT2D eigenvalue weighted by Gasteiger charge is -2.31. The Morgan fingerprint density at radius 2 is 1.17 bits per heavy atom. The molecule has 13 nitrogen and oxygen atoms in total. The molecule has 6 heterocycles. The van der Waals surface area contributed by atoms with Crippen LogP contribution in [0.15, 0.2) is 119 Å². The highest BCUT2D eigenvalue weighted by molar-refractivity contribution is 9.10. The van der Waals surface area contributed by atoms with Crippen LogP contribution in [0.3, 0.4) is 0 Å². The van der Waals surface area contributed by atoms with E-state index < -0.39 is 9.84 Å². The Hall–Kier alpha value is -5.19. The Kier molecular flexibility index (Phi) is 12.6. The fraction of sp³-hybridized carbons (Fsp3) is 0.388. The summed E-state index contributed by atoms with van der Waals surface area (Å²) in [5, 5.41) is 12.2. The normalized spacial score (nSPS) is 18.2. The molecule has 3 aromatic carbocycles. The van der Waals surface area contributed by atoms with Crippen molar-refractivity contribution >= 4 is 37.1 Å².